The minimum atomic E-state index is -0.468. The fourth-order valence-electron chi connectivity index (χ4n) is 1.03. The summed E-state index contributed by atoms with van der Waals surface area (Å²) >= 11 is 11.7. The highest BCUT2D eigenvalue weighted by Crippen LogP contribution is 2.21. The Bertz CT molecular complexity index is 350. The fourth-order valence-corrected chi connectivity index (χ4v) is 1.41. The van der Waals surface area contributed by atoms with Gasteiger partial charge in [0.2, 0.25) is 0 Å². The normalized spacial score (nSPS) is 12.6. The van der Waals surface area contributed by atoms with Crippen LogP contribution >= 0.6 is 23.2 Å². The Kier molecular flexibility index (Phi) is 3.93. The van der Waals surface area contributed by atoms with E-state index in [1.54, 1.807) is 25.1 Å². The average Bonchev–Trinajstić information content (AvgIpc) is 2.11. The minimum absolute atomic E-state index is 0.0471. The second kappa shape index (κ2) is 4.78. The van der Waals surface area contributed by atoms with Crippen LogP contribution < -0.4 is 5.73 Å². The molecule has 1 unspecified atom stereocenters. The summed E-state index contributed by atoms with van der Waals surface area (Å²) in [5.41, 5.74) is 6.17. The monoisotopic (exact) mass is 231 g/mol. The van der Waals surface area contributed by atoms with E-state index < -0.39 is 6.04 Å². The number of Topliss-reactive ketones (excluding diaryl/α,β-unsaturated/α-hetero) is 1. The second-order valence-electron chi connectivity index (χ2n) is 3.17. The van der Waals surface area contributed by atoms with Crippen LogP contribution in [0.25, 0.3) is 0 Å². The van der Waals surface area contributed by atoms with Crippen LogP contribution in [0.3, 0.4) is 0 Å². The van der Waals surface area contributed by atoms with Crippen molar-refractivity contribution in [2.75, 3.05) is 0 Å². The summed E-state index contributed by atoms with van der Waals surface area (Å²) in [7, 11) is 0. The first-order valence-electron chi connectivity index (χ1n) is 4.23. The molecule has 0 amide bonds. The summed E-state index contributed by atoms with van der Waals surface area (Å²) in [5, 5.41) is 1.12. The molecule has 0 aromatic heterocycles. The molecule has 2 nitrogen and oxygen atoms in total. The van der Waals surface area contributed by atoms with E-state index in [1.165, 1.54) is 0 Å². The van der Waals surface area contributed by atoms with Gasteiger partial charge in [0, 0.05) is 16.5 Å². The highest BCUT2D eigenvalue weighted by molar-refractivity contribution is 6.33. The quantitative estimate of drug-likeness (QED) is 0.869. The molecule has 0 aliphatic carbocycles. The van der Waals surface area contributed by atoms with Gasteiger partial charge in [-0.1, -0.05) is 23.2 Å². The zero-order valence-corrected chi connectivity index (χ0v) is 9.27. The zero-order valence-electron chi connectivity index (χ0n) is 7.76. The van der Waals surface area contributed by atoms with E-state index in [0.29, 0.717) is 10.0 Å². The number of halogens is 2. The molecule has 1 aromatic rings. The van der Waals surface area contributed by atoms with Gasteiger partial charge in [-0.05, 0) is 30.7 Å². The van der Waals surface area contributed by atoms with E-state index in [2.05, 4.69) is 0 Å². The Labute approximate surface area is 93.0 Å². The van der Waals surface area contributed by atoms with Crippen LogP contribution in [0, 0.1) is 0 Å². The van der Waals surface area contributed by atoms with Gasteiger partial charge >= 0.3 is 0 Å². The Morgan fingerprint density at radius 2 is 2.14 bits per heavy atom. The van der Waals surface area contributed by atoms with E-state index in [1.807, 2.05) is 0 Å². The molecular weight excluding hydrogens is 221 g/mol. The first-order chi connectivity index (χ1) is 6.50. The summed E-state index contributed by atoms with van der Waals surface area (Å²) in [6.45, 7) is 1.65. The zero-order chi connectivity index (χ0) is 10.7. The van der Waals surface area contributed by atoms with Crippen molar-refractivity contribution in [3.63, 3.8) is 0 Å². The lowest BCUT2D eigenvalue weighted by Gasteiger charge is -2.06. The van der Waals surface area contributed by atoms with E-state index in [9.17, 15) is 4.79 Å². The summed E-state index contributed by atoms with van der Waals surface area (Å²) < 4.78 is 0. The first kappa shape index (κ1) is 11.5. The predicted molar refractivity (Wildman–Crippen MR) is 58.8 cm³/mol. The molecule has 14 heavy (non-hydrogen) atoms. The summed E-state index contributed by atoms with van der Waals surface area (Å²) in [5.74, 6) is -0.0471. The van der Waals surface area contributed by atoms with Gasteiger partial charge in [-0.15, -0.1) is 0 Å². The summed E-state index contributed by atoms with van der Waals surface area (Å²) in [6, 6.07) is 4.58. The largest absolute Gasteiger partial charge is 0.322 e. The maximum absolute atomic E-state index is 11.3. The van der Waals surface area contributed by atoms with E-state index in [4.69, 9.17) is 28.9 Å². The molecular formula is C10H11Cl2NO. The number of carbonyl (C=O) groups excluding carboxylic acids is 1. The molecule has 1 rings (SSSR count). The Hall–Kier alpha value is -0.570. The maximum atomic E-state index is 11.3. The van der Waals surface area contributed by atoms with Crippen LogP contribution in [0.15, 0.2) is 18.2 Å². The highest BCUT2D eigenvalue weighted by atomic mass is 35.5. The second-order valence-corrected chi connectivity index (χ2v) is 4.01. The van der Waals surface area contributed by atoms with E-state index >= 15 is 0 Å². The standard InChI is InChI=1S/C10H11Cl2NO/c1-6(13)10(14)5-7-4-8(11)2-3-9(7)12/h2-4,6H,5,13H2,1H3. The van der Waals surface area contributed by atoms with Crippen molar-refractivity contribution in [1.82, 2.24) is 0 Å². The molecule has 0 bridgehead atoms. The summed E-state index contributed by atoms with van der Waals surface area (Å²) in [6.07, 6.45) is 0.233. The van der Waals surface area contributed by atoms with Gasteiger partial charge in [0.15, 0.2) is 5.78 Å². The molecule has 0 saturated heterocycles. The van der Waals surface area contributed by atoms with Crippen molar-refractivity contribution < 1.29 is 4.79 Å². The van der Waals surface area contributed by atoms with Gasteiger partial charge in [0.05, 0.1) is 6.04 Å². The van der Waals surface area contributed by atoms with Gasteiger partial charge in [0.25, 0.3) is 0 Å². The van der Waals surface area contributed by atoms with Gasteiger partial charge in [-0.2, -0.15) is 0 Å². The first-order valence-corrected chi connectivity index (χ1v) is 4.98. The fraction of sp³-hybridized carbons (Fsp3) is 0.300. The Morgan fingerprint density at radius 3 is 2.71 bits per heavy atom. The maximum Gasteiger partial charge on any atom is 0.153 e. The molecule has 0 radical (unpaired) electrons. The van der Waals surface area contributed by atoms with Gasteiger partial charge < -0.3 is 5.73 Å². The van der Waals surface area contributed by atoms with Gasteiger partial charge in [-0.25, -0.2) is 0 Å². The summed E-state index contributed by atoms with van der Waals surface area (Å²) in [4.78, 5) is 11.3. The van der Waals surface area contributed by atoms with Crippen LogP contribution in [0.4, 0.5) is 0 Å². The predicted octanol–water partition coefficient (Wildman–Crippen LogP) is 2.45. The van der Waals surface area contributed by atoms with E-state index in [-0.39, 0.29) is 12.2 Å². The Balaban J connectivity index is 2.86. The third kappa shape index (κ3) is 2.98. The molecule has 1 atom stereocenters. The molecule has 76 valence electrons. The number of hydrogen-bond acceptors (Lipinski definition) is 2. The molecule has 0 heterocycles. The van der Waals surface area contributed by atoms with Crippen molar-refractivity contribution in [3.05, 3.63) is 33.8 Å². The number of rotatable bonds is 3. The van der Waals surface area contributed by atoms with Crippen molar-refractivity contribution in [2.45, 2.75) is 19.4 Å². The molecule has 0 saturated carbocycles. The van der Waals surface area contributed by atoms with Crippen molar-refractivity contribution in [2.24, 2.45) is 5.73 Å². The molecule has 2 N–H and O–H groups in total. The van der Waals surface area contributed by atoms with Crippen molar-refractivity contribution in [1.29, 1.82) is 0 Å². The van der Waals surface area contributed by atoms with Gasteiger partial charge in [0.1, 0.15) is 0 Å². The van der Waals surface area contributed by atoms with Crippen molar-refractivity contribution >= 4 is 29.0 Å². The van der Waals surface area contributed by atoms with E-state index in [0.717, 1.165) is 5.56 Å². The minimum Gasteiger partial charge on any atom is -0.322 e. The SMILES string of the molecule is CC(N)C(=O)Cc1cc(Cl)ccc1Cl. The number of carbonyl (C=O) groups is 1. The third-order valence-corrected chi connectivity index (χ3v) is 2.48. The molecule has 0 spiro atoms. The van der Waals surface area contributed by atoms with Crippen molar-refractivity contribution in [3.8, 4) is 0 Å². The van der Waals surface area contributed by atoms with Crippen LogP contribution in [0.1, 0.15) is 12.5 Å². The molecule has 4 heteroatoms. The topological polar surface area (TPSA) is 43.1 Å². The number of hydrogen-bond donors (Lipinski definition) is 1. The van der Waals surface area contributed by atoms with Crippen LogP contribution in [0.5, 0.6) is 0 Å². The molecule has 0 aliphatic heterocycles. The lowest BCUT2D eigenvalue weighted by Crippen LogP contribution is -2.28. The van der Waals surface area contributed by atoms with Crippen LogP contribution in [-0.2, 0) is 11.2 Å². The lowest BCUT2D eigenvalue weighted by molar-refractivity contribution is -0.119. The number of benzene rings is 1. The lowest BCUT2D eigenvalue weighted by atomic mass is 10.1. The Morgan fingerprint density at radius 1 is 1.50 bits per heavy atom. The number of ketones is 1. The molecule has 0 fully saturated rings. The number of nitrogens with two attached hydrogens (primary N) is 1. The van der Waals surface area contributed by atoms with Gasteiger partial charge in [-0.3, -0.25) is 4.79 Å². The molecule has 1 aromatic carbocycles. The molecule has 0 aliphatic rings. The average molecular weight is 232 g/mol. The smallest absolute Gasteiger partial charge is 0.153 e. The third-order valence-electron chi connectivity index (χ3n) is 1.88. The highest BCUT2D eigenvalue weighted by Gasteiger charge is 2.11. The van der Waals surface area contributed by atoms with Crippen LogP contribution in [0.2, 0.25) is 10.0 Å². The van der Waals surface area contributed by atoms with Crippen LogP contribution in [-0.4, -0.2) is 11.8 Å².